The highest BCUT2D eigenvalue weighted by Crippen LogP contribution is 2.22. The molecule has 0 aliphatic carbocycles. The molecular weight excluding hydrogens is 314 g/mol. The third-order valence-corrected chi connectivity index (χ3v) is 4.68. The van der Waals surface area contributed by atoms with Crippen molar-refractivity contribution in [2.45, 2.75) is 32.4 Å². The SMILES string of the molecule is CC(=O)N[C@H](CC(=O)N[C@H](C)CN1CCOCC1)c1cccs1. The average molecular weight is 339 g/mol. The van der Waals surface area contributed by atoms with Crippen LogP contribution in [0.2, 0.25) is 0 Å². The number of morpholine rings is 1. The molecule has 0 aromatic carbocycles. The summed E-state index contributed by atoms with van der Waals surface area (Å²) in [7, 11) is 0. The highest BCUT2D eigenvalue weighted by atomic mass is 32.1. The van der Waals surface area contributed by atoms with Crippen molar-refractivity contribution in [3.8, 4) is 0 Å². The zero-order valence-corrected chi connectivity index (χ0v) is 14.5. The fraction of sp³-hybridized carbons (Fsp3) is 0.625. The highest BCUT2D eigenvalue weighted by Gasteiger charge is 2.20. The molecular formula is C16H25N3O3S. The number of amides is 2. The van der Waals surface area contributed by atoms with Crippen LogP contribution in [0.3, 0.4) is 0 Å². The molecule has 0 saturated carbocycles. The van der Waals surface area contributed by atoms with Crippen molar-refractivity contribution in [3.63, 3.8) is 0 Å². The third kappa shape index (κ3) is 6.29. The topological polar surface area (TPSA) is 70.7 Å². The number of carbonyl (C=O) groups excluding carboxylic acids is 2. The molecule has 2 amide bonds. The molecule has 1 fully saturated rings. The molecule has 1 aliphatic heterocycles. The molecule has 2 rings (SSSR count). The summed E-state index contributed by atoms with van der Waals surface area (Å²) >= 11 is 1.55. The summed E-state index contributed by atoms with van der Waals surface area (Å²) in [5, 5.41) is 7.82. The fourth-order valence-electron chi connectivity index (χ4n) is 2.69. The first-order chi connectivity index (χ1) is 11.0. The van der Waals surface area contributed by atoms with E-state index < -0.39 is 0 Å². The molecule has 128 valence electrons. The maximum Gasteiger partial charge on any atom is 0.222 e. The summed E-state index contributed by atoms with van der Waals surface area (Å²) in [6, 6.07) is 3.67. The standard InChI is InChI=1S/C16H25N3O3S/c1-12(11-19-5-7-22-8-6-19)17-16(21)10-14(18-13(2)20)15-4-3-9-23-15/h3-4,9,12,14H,5-8,10-11H2,1-2H3,(H,17,21)(H,18,20)/t12-,14-/m1/s1. The second kappa shape index (κ2) is 9.00. The van der Waals surface area contributed by atoms with Crippen molar-refractivity contribution >= 4 is 23.2 Å². The number of ether oxygens (including phenoxy) is 1. The second-order valence-electron chi connectivity index (χ2n) is 5.85. The van der Waals surface area contributed by atoms with Gasteiger partial charge in [0, 0.05) is 37.5 Å². The minimum atomic E-state index is -0.261. The van der Waals surface area contributed by atoms with Gasteiger partial charge in [0.1, 0.15) is 0 Å². The molecule has 23 heavy (non-hydrogen) atoms. The molecule has 7 heteroatoms. The number of nitrogens with zero attached hydrogens (tertiary/aromatic N) is 1. The fourth-order valence-corrected chi connectivity index (χ4v) is 3.47. The Hall–Kier alpha value is -1.44. The zero-order chi connectivity index (χ0) is 16.7. The average Bonchev–Trinajstić information content (AvgIpc) is 3.01. The van der Waals surface area contributed by atoms with Crippen molar-refractivity contribution in [2.24, 2.45) is 0 Å². The van der Waals surface area contributed by atoms with Gasteiger partial charge in [0.2, 0.25) is 11.8 Å². The van der Waals surface area contributed by atoms with Crippen LogP contribution in [-0.2, 0) is 14.3 Å². The van der Waals surface area contributed by atoms with Crippen LogP contribution in [0.15, 0.2) is 17.5 Å². The lowest BCUT2D eigenvalue weighted by molar-refractivity contribution is -0.123. The minimum Gasteiger partial charge on any atom is -0.379 e. The van der Waals surface area contributed by atoms with E-state index >= 15 is 0 Å². The van der Waals surface area contributed by atoms with Gasteiger partial charge in [-0.1, -0.05) is 6.07 Å². The molecule has 2 N–H and O–H groups in total. The van der Waals surface area contributed by atoms with Crippen LogP contribution in [0, 0.1) is 0 Å². The van der Waals surface area contributed by atoms with Gasteiger partial charge in [0.05, 0.1) is 25.7 Å². The molecule has 1 aliphatic rings. The molecule has 0 bridgehead atoms. The Bertz CT molecular complexity index is 501. The summed E-state index contributed by atoms with van der Waals surface area (Å²) in [6.07, 6.45) is 0.257. The van der Waals surface area contributed by atoms with Gasteiger partial charge in [0.15, 0.2) is 0 Å². The first-order valence-corrected chi connectivity index (χ1v) is 8.82. The van der Waals surface area contributed by atoms with Gasteiger partial charge in [-0.15, -0.1) is 11.3 Å². The van der Waals surface area contributed by atoms with Crippen molar-refractivity contribution in [2.75, 3.05) is 32.8 Å². The van der Waals surface area contributed by atoms with E-state index in [-0.39, 0.29) is 30.3 Å². The number of nitrogens with one attached hydrogen (secondary N) is 2. The van der Waals surface area contributed by atoms with E-state index in [1.807, 2.05) is 24.4 Å². The minimum absolute atomic E-state index is 0.0436. The normalized spacial score (nSPS) is 18.2. The van der Waals surface area contributed by atoms with Crippen molar-refractivity contribution in [1.29, 1.82) is 0 Å². The summed E-state index contributed by atoms with van der Waals surface area (Å²) in [5.41, 5.74) is 0. The lowest BCUT2D eigenvalue weighted by Gasteiger charge is -2.29. The van der Waals surface area contributed by atoms with Crippen LogP contribution in [-0.4, -0.2) is 55.6 Å². The summed E-state index contributed by atoms with van der Waals surface area (Å²) < 4.78 is 5.33. The Morgan fingerprint density at radius 1 is 1.35 bits per heavy atom. The van der Waals surface area contributed by atoms with Gasteiger partial charge in [-0.3, -0.25) is 14.5 Å². The van der Waals surface area contributed by atoms with Crippen LogP contribution in [0.4, 0.5) is 0 Å². The van der Waals surface area contributed by atoms with E-state index in [2.05, 4.69) is 15.5 Å². The van der Waals surface area contributed by atoms with E-state index in [9.17, 15) is 9.59 Å². The number of thiophene rings is 1. The number of rotatable bonds is 7. The molecule has 6 nitrogen and oxygen atoms in total. The van der Waals surface area contributed by atoms with Crippen LogP contribution < -0.4 is 10.6 Å². The molecule has 0 spiro atoms. The Kier molecular flexibility index (Phi) is 7.01. The van der Waals surface area contributed by atoms with E-state index in [0.717, 1.165) is 37.7 Å². The Morgan fingerprint density at radius 3 is 2.70 bits per heavy atom. The molecule has 1 aromatic heterocycles. The zero-order valence-electron chi connectivity index (χ0n) is 13.7. The lowest BCUT2D eigenvalue weighted by Crippen LogP contribution is -2.46. The van der Waals surface area contributed by atoms with Gasteiger partial charge >= 0.3 is 0 Å². The summed E-state index contributed by atoms with van der Waals surface area (Å²) in [5.74, 6) is -0.171. The molecule has 1 saturated heterocycles. The second-order valence-corrected chi connectivity index (χ2v) is 6.83. The van der Waals surface area contributed by atoms with Gasteiger partial charge in [0.25, 0.3) is 0 Å². The monoisotopic (exact) mass is 339 g/mol. The quantitative estimate of drug-likeness (QED) is 0.782. The van der Waals surface area contributed by atoms with Crippen LogP contribution >= 0.6 is 11.3 Å². The lowest BCUT2D eigenvalue weighted by atomic mass is 10.1. The molecule has 0 unspecified atom stereocenters. The summed E-state index contributed by atoms with van der Waals surface area (Å²) in [6.45, 7) is 7.62. The predicted octanol–water partition coefficient (Wildman–Crippen LogP) is 1.15. The predicted molar refractivity (Wildman–Crippen MR) is 90.4 cm³/mol. The first-order valence-electron chi connectivity index (χ1n) is 7.94. The van der Waals surface area contributed by atoms with Crippen molar-refractivity contribution < 1.29 is 14.3 Å². The molecule has 2 atom stereocenters. The van der Waals surface area contributed by atoms with E-state index in [4.69, 9.17) is 4.74 Å². The van der Waals surface area contributed by atoms with Crippen molar-refractivity contribution in [3.05, 3.63) is 22.4 Å². The van der Waals surface area contributed by atoms with Gasteiger partial charge in [-0.05, 0) is 18.4 Å². The molecule has 1 aromatic rings. The van der Waals surface area contributed by atoms with E-state index in [1.54, 1.807) is 11.3 Å². The van der Waals surface area contributed by atoms with Crippen LogP contribution in [0.1, 0.15) is 31.2 Å². The maximum absolute atomic E-state index is 12.3. The van der Waals surface area contributed by atoms with E-state index in [0.29, 0.717) is 0 Å². The summed E-state index contributed by atoms with van der Waals surface area (Å²) in [4.78, 5) is 26.9. The maximum atomic E-state index is 12.3. The highest BCUT2D eigenvalue weighted by molar-refractivity contribution is 7.10. The first kappa shape index (κ1) is 17.9. The molecule has 2 heterocycles. The van der Waals surface area contributed by atoms with Gasteiger partial charge in [-0.25, -0.2) is 0 Å². The van der Waals surface area contributed by atoms with Gasteiger partial charge < -0.3 is 15.4 Å². The Balaban J connectivity index is 1.82. The van der Waals surface area contributed by atoms with Crippen LogP contribution in [0.25, 0.3) is 0 Å². The number of hydrogen-bond donors (Lipinski definition) is 2. The Labute approximate surface area is 141 Å². The number of hydrogen-bond acceptors (Lipinski definition) is 5. The largest absolute Gasteiger partial charge is 0.379 e. The van der Waals surface area contributed by atoms with Crippen molar-refractivity contribution in [1.82, 2.24) is 15.5 Å². The van der Waals surface area contributed by atoms with E-state index in [1.165, 1.54) is 6.92 Å². The van der Waals surface area contributed by atoms with Crippen LogP contribution in [0.5, 0.6) is 0 Å². The molecule has 0 radical (unpaired) electrons. The van der Waals surface area contributed by atoms with Gasteiger partial charge in [-0.2, -0.15) is 0 Å². The smallest absolute Gasteiger partial charge is 0.222 e. The third-order valence-electron chi connectivity index (χ3n) is 3.70. The number of carbonyl (C=O) groups is 2. The Morgan fingerprint density at radius 2 is 2.09 bits per heavy atom.